The number of hydrogen-bond acceptors (Lipinski definition) is 2. The summed E-state index contributed by atoms with van der Waals surface area (Å²) in [5.74, 6) is 0. The zero-order valence-corrected chi connectivity index (χ0v) is 26.8. The lowest BCUT2D eigenvalue weighted by Gasteiger charge is -2.23. The van der Waals surface area contributed by atoms with Crippen molar-refractivity contribution in [3.63, 3.8) is 0 Å². The average Bonchev–Trinajstić information content (AvgIpc) is 2.97. The molecule has 0 atom stereocenters. The van der Waals surface area contributed by atoms with Gasteiger partial charge in [0.2, 0.25) is 0 Å². The minimum atomic E-state index is 0.827. The molecule has 224 valence electrons. The van der Waals surface area contributed by atoms with Crippen LogP contribution in [0.1, 0.15) is 141 Å². The molecule has 0 aliphatic rings. The molecule has 0 saturated carbocycles. The summed E-state index contributed by atoms with van der Waals surface area (Å²) in [5, 5.41) is 0. The summed E-state index contributed by atoms with van der Waals surface area (Å²) >= 11 is 0. The molecule has 0 amide bonds. The maximum absolute atomic E-state index is 5.98. The lowest BCUT2D eigenvalue weighted by Crippen LogP contribution is -2.09. The first-order valence-electron chi connectivity index (χ1n) is 16.7. The molecule has 3 rings (SSSR count). The van der Waals surface area contributed by atoms with E-state index in [0.717, 1.165) is 24.2 Å². The standard InChI is InChI=1S/C39H58N2/c1-5-6-7-8-9-10-11-12-13-14-15-16-17-18-19-37-30(2)38(28-33-20-24-35(40)25-21-33)32(4)39(31(37)3)29-34-22-26-36(41)27-23-34/h20-27H,5-19,28-29,40-41H2,1-4H3. The Hall–Kier alpha value is -2.74. The summed E-state index contributed by atoms with van der Waals surface area (Å²) in [7, 11) is 0. The lowest BCUT2D eigenvalue weighted by molar-refractivity contribution is 0.535. The van der Waals surface area contributed by atoms with Crippen molar-refractivity contribution in [3.05, 3.63) is 93.0 Å². The fraction of sp³-hybridized carbons (Fsp3) is 0.538. The summed E-state index contributed by atoms with van der Waals surface area (Å²) in [4.78, 5) is 0. The summed E-state index contributed by atoms with van der Waals surface area (Å²) in [5.41, 5.74) is 25.3. The van der Waals surface area contributed by atoms with Crippen LogP contribution in [0.15, 0.2) is 48.5 Å². The van der Waals surface area contributed by atoms with Crippen molar-refractivity contribution >= 4 is 11.4 Å². The smallest absolute Gasteiger partial charge is 0.0314 e. The molecule has 3 aromatic carbocycles. The molecule has 0 bridgehead atoms. The van der Waals surface area contributed by atoms with E-state index in [-0.39, 0.29) is 0 Å². The van der Waals surface area contributed by atoms with Crippen LogP contribution >= 0.6 is 0 Å². The topological polar surface area (TPSA) is 52.0 Å². The molecule has 0 radical (unpaired) electrons. The number of benzene rings is 3. The van der Waals surface area contributed by atoms with Gasteiger partial charge in [0, 0.05) is 11.4 Å². The van der Waals surface area contributed by atoms with Crippen molar-refractivity contribution in [1.82, 2.24) is 0 Å². The second kappa shape index (κ2) is 17.9. The van der Waals surface area contributed by atoms with Crippen LogP contribution in [0.3, 0.4) is 0 Å². The van der Waals surface area contributed by atoms with Crippen LogP contribution in [-0.2, 0) is 19.3 Å². The summed E-state index contributed by atoms with van der Waals surface area (Å²) < 4.78 is 0. The minimum Gasteiger partial charge on any atom is -0.399 e. The third-order valence-electron chi connectivity index (χ3n) is 9.22. The van der Waals surface area contributed by atoms with Crippen molar-refractivity contribution in [2.75, 3.05) is 11.5 Å². The lowest BCUT2D eigenvalue weighted by atomic mass is 9.82. The zero-order valence-electron chi connectivity index (χ0n) is 26.8. The monoisotopic (exact) mass is 554 g/mol. The normalized spacial score (nSPS) is 11.3. The van der Waals surface area contributed by atoms with Gasteiger partial charge in [-0.1, -0.05) is 115 Å². The second-order valence-corrected chi connectivity index (χ2v) is 12.5. The minimum absolute atomic E-state index is 0.827. The first-order chi connectivity index (χ1) is 19.9. The van der Waals surface area contributed by atoms with E-state index in [0.29, 0.717) is 0 Å². The van der Waals surface area contributed by atoms with E-state index in [1.807, 2.05) is 24.3 Å². The number of hydrogen-bond donors (Lipinski definition) is 2. The van der Waals surface area contributed by atoms with E-state index in [1.165, 1.54) is 135 Å². The molecule has 0 unspecified atom stereocenters. The van der Waals surface area contributed by atoms with E-state index >= 15 is 0 Å². The maximum atomic E-state index is 5.98. The molecule has 4 N–H and O–H groups in total. The van der Waals surface area contributed by atoms with Crippen molar-refractivity contribution in [3.8, 4) is 0 Å². The third-order valence-corrected chi connectivity index (χ3v) is 9.22. The molecule has 0 aliphatic heterocycles. The van der Waals surface area contributed by atoms with Gasteiger partial charge in [-0.05, 0) is 115 Å². The largest absolute Gasteiger partial charge is 0.399 e. The van der Waals surface area contributed by atoms with E-state index in [4.69, 9.17) is 11.5 Å². The molecule has 41 heavy (non-hydrogen) atoms. The van der Waals surface area contributed by atoms with Crippen LogP contribution in [0, 0.1) is 20.8 Å². The Morgan fingerprint density at radius 3 is 1.10 bits per heavy atom. The van der Waals surface area contributed by atoms with Crippen molar-refractivity contribution in [1.29, 1.82) is 0 Å². The Labute approximate surface area is 252 Å². The van der Waals surface area contributed by atoms with Crippen LogP contribution < -0.4 is 11.5 Å². The fourth-order valence-electron chi connectivity index (χ4n) is 6.47. The van der Waals surface area contributed by atoms with Crippen molar-refractivity contribution in [2.24, 2.45) is 0 Å². The van der Waals surface area contributed by atoms with Gasteiger partial charge in [0.05, 0.1) is 0 Å². The van der Waals surface area contributed by atoms with Crippen LogP contribution in [0.5, 0.6) is 0 Å². The molecule has 0 aromatic heterocycles. The highest BCUT2D eigenvalue weighted by Gasteiger charge is 2.18. The SMILES string of the molecule is CCCCCCCCCCCCCCCCc1c(C)c(Cc2ccc(N)cc2)c(C)c(Cc2ccc(N)cc2)c1C. The molecule has 2 heteroatoms. The third kappa shape index (κ3) is 10.9. The van der Waals surface area contributed by atoms with Gasteiger partial charge in [0.25, 0.3) is 0 Å². The number of nitrogens with two attached hydrogens (primary N) is 2. The summed E-state index contributed by atoms with van der Waals surface area (Å²) in [6.07, 6.45) is 22.7. The predicted octanol–water partition coefficient (Wildman–Crippen LogP) is 11.0. The Morgan fingerprint density at radius 2 is 0.732 bits per heavy atom. The van der Waals surface area contributed by atoms with Crippen LogP contribution in [0.4, 0.5) is 11.4 Å². The van der Waals surface area contributed by atoms with E-state index in [2.05, 4.69) is 52.0 Å². The van der Waals surface area contributed by atoms with Gasteiger partial charge in [-0.3, -0.25) is 0 Å². The fourth-order valence-corrected chi connectivity index (χ4v) is 6.47. The Balaban J connectivity index is 1.57. The first kappa shape index (κ1) is 32.8. The number of rotatable bonds is 19. The second-order valence-electron chi connectivity index (χ2n) is 12.5. The molecule has 0 aliphatic carbocycles. The highest BCUT2D eigenvalue weighted by Crippen LogP contribution is 2.32. The molecule has 0 heterocycles. The predicted molar refractivity (Wildman–Crippen MR) is 182 cm³/mol. The van der Waals surface area contributed by atoms with Gasteiger partial charge in [0.1, 0.15) is 0 Å². The average molecular weight is 555 g/mol. The molecule has 3 aromatic rings. The van der Waals surface area contributed by atoms with Gasteiger partial charge < -0.3 is 11.5 Å². The van der Waals surface area contributed by atoms with Crippen LogP contribution in [0.2, 0.25) is 0 Å². The van der Waals surface area contributed by atoms with Crippen LogP contribution in [0.25, 0.3) is 0 Å². The van der Waals surface area contributed by atoms with Crippen LogP contribution in [-0.4, -0.2) is 0 Å². The Morgan fingerprint density at radius 1 is 0.415 bits per heavy atom. The first-order valence-corrected chi connectivity index (χ1v) is 16.7. The highest BCUT2D eigenvalue weighted by molar-refractivity contribution is 5.54. The number of anilines is 2. The van der Waals surface area contributed by atoms with Crippen molar-refractivity contribution in [2.45, 2.75) is 137 Å². The van der Waals surface area contributed by atoms with E-state index < -0.39 is 0 Å². The summed E-state index contributed by atoms with van der Waals surface area (Å²) in [6.45, 7) is 9.35. The Kier molecular flexibility index (Phi) is 14.3. The van der Waals surface area contributed by atoms with Gasteiger partial charge in [-0.2, -0.15) is 0 Å². The summed E-state index contributed by atoms with van der Waals surface area (Å²) in [6, 6.07) is 16.8. The molecule has 0 fully saturated rings. The quantitative estimate of drug-likeness (QED) is 0.114. The zero-order chi connectivity index (χ0) is 29.5. The maximum Gasteiger partial charge on any atom is 0.0314 e. The van der Waals surface area contributed by atoms with Gasteiger partial charge in [-0.15, -0.1) is 0 Å². The Bertz CT molecular complexity index is 1080. The molecule has 0 spiro atoms. The highest BCUT2D eigenvalue weighted by atomic mass is 14.5. The number of unbranched alkanes of at least 4 members (excludes halogenated alkanes) is 13. The molecule has 2 nitrogen and oxygen atoms in total. The van der Waals surface area contributed by atoms with Gasteiger partial charge in [-0.25, -0.2) is 0 Å². The molecule has 0 saturated heterocycles. The number of nitrogen functional groups attached to an aromatic ring is 2. The van der Waals surface area contributed by atoms with E-state index in [1.54, 1.807) is 5.56 Å². The van der Waals surface area contributed by atoms with Crippen molar-refractivity contribution < 1.29 is 0 Å². The van der Waals surface area contributed by atoms with Gasteiger partial charge >= 0.3 is 0 Å². The van der Waals surface area contributed by atoms with E-state index in [9.17, 15) is 0 Å². The molecular formula is C39H58N2. The van der Waals surface area contributed by atoms with Gasteiger partial charge in [0.15, 0.2) is 0 Å². The molecular weight excluding hydrogens is 496 g/mol.